The van der Waals surface area contributed by atoms with E-state index in [2.05, 4.69) is 25.6 Å². The second kappa shape index (κ2) is 6.04. The predicted octanol–water partition coefficient (Wildman–Crippen LogP) is 2.12. The molecular formula is C15H14N6O. The number of aromatic hydroxyl groups is 1. The number of aromatic nitrogens is 4. The lowest BCUT2D eigenvalue weighted by molar-refractivity contribution is 0.475. The highest BCUT2D eigenvalue weighted by Gasteiger charge is 2.01. The number of phenolic OH excluding ortho intramolecular Hbond substituents is 1. The molecule has 0 aliphatic rings. The van der Waals surface area contributed by atoms with Crippen molar-refractivity contribution in [2.75, 3.05) is 5.43 Å². The maximum Gasteiger partial charge on any atom is 0.158 e. The molecule has 3 aromatic rings. The van der Waals surface area contributed by atoms with Crippen molar-refractivity contribution in [1.82, 2.24) is 19.7 Å². The lowest BCUT2D eigenvalue weighted by atomic mass is 10.2. The summed E-state index contributed by atoms with van der Waals surface area (Å²) in [5, 5.41) is 17.5. The molecule has 7 heteroatoms. The molecule has 0 aliphatic heterocycles. The van der Waals surface area contributed by atoms with E-state index < -0.39 is 0 Å². The SMILES string of the molecule is Cc1cnn(-c2cc(N/N=C\c3ccc(O)cc3)ncn2)c1. The topological polar surface area (TPSA) is 88.2 Å². The molecular weight excluding hydrogens is 280 g/mol. The van der Waals surface area contributed by atoms with Crippen LogP contribution in [0, 0.1) is 6.92 Å². The number of hydrazone groups is 1. The van der Waals surface area contributed by atoms with Gasteiger partial charge in [-0.2, -0.15) is 10.2 Å². The Morgan fingerprint density at radius 3 is 2.77 bits per heavy atom. The molecule has 0 aliphatic carbocycles. The van der Waals surface area contributed by atoms with Crippen LogP contribution in [-0.2, 0) is 0 Å². The average molecular weight is 294 g/mol. The van der Waals surface area contributed by atoms with Crippen molar-refractivity contribution in [2.45, 2.75) is 6.92 Å². The van der Waals surface area contributed by atoms with Gasteiger partial charge in [-0.05, 0) is 42.3 Å². The lowest BCUT2D eigenvalue weighted by Crippen LogP contribution is -2.01. The van der Waals surface area contributed by atoms with Gasteiger partial charge in [0.25, 0.3) is 0 Å². The van der Waals surface area contributed by atoms with Crippen LogP contribution in [0.25, 0.3) is 5.82 Å². The summed E-state index contributed by atoms with van der Waals surface area (Å²) in [5.41, 5.74) is 4.76. The Morgan fingerprint density at radius 2 is 2.05 bits per heavy atom. The highest BCUT2D eigenvalue weighted by Crippen LogP contribution is 2.10. The van der Waals surface area contributed by atoms with E-state index >= 15 is 0 Å². The maximum absolute atomic E-state index is 9.22. The molecule has 0 saturated carbocycles. The fraction of sp³-hybridized carbons (Fsp3) is 0.0667. The normalized spacial score (nSPS) is 11.0. The number of rotatable bonds is 4. The molecule has 0 atom stereocenters. The molecule has 2 heterocycles. The van der Waals surface area contributed by atoms with Crippen molar-refractivity contribution < 1.29 is 5.11 Å². The maximum atomic E-state index is 9.22. The minimum Gasteiger partial charge on any atom is -0.508 e. The average Bonchev–Trinajstić information content (AvgIpc) is 2.96. The first kappa shape index (κ1) is 13.7. The van der Waals surface area contributed by atoms with E-state index in [1.165, 1.54) is 6.33 Å². The van der Waals surface area contributed by atoms with Crippen molar-refractivity contribution >= 4 is 12.0 Å². The summed E-state index contributed by atoms with van der Waals surface area (Å²) >= 11 is 0. The van der Waals surface area contributed by atoms with Crippen LogP contribution in [0.4, 0.5) is 5.82 Å². The van der Waals surface area contributed by atoms with Crippen LogP contribution < -0.4 is 5.43 Å². The zero-order valence-electron chi connectivity index (χ0n) is 11.9. The van der Waals surface area contributed by atoms with E-state index in [-0.39, 0.29) is 5.75 Å². The molecule has 22 heavy (non-hydrogen) atoms. The molecule has 110 valence electrons. The van der Waals surface area contributed by atoms with E-state index in [0.717, 1.165) is 11.1 Å². The number of aryl methyl sites for hydroxylation is 1. The van der Waals surface area contributed by atoms with Gasteiger partial charge in [-0.3, -0.25) is 5.43 Å². The van der Waals surface area contributed by atoms with Crippen LogP contribution >= 0.6 is 0 Å². The third-order valence-corrected chi connectivity index (χ3v) is 2.88. The monoisotopic (exact) mass is 294 g/mol. The summed E-state index contributed by atoms with van der Waals surface area (Å²) < 4.78 is 1.67. The van der Waals surface area contributed by atoms with Crippen molar-refractivity contribution in [1.29, 1.82) is 0 Å². The number of anilines is 1. The zero-order valence-corrected chi connectivity index (χ0v) is 11.9. The lowest BCUT2D eigenvalue weighted by Gasteiger charge is -2.02. The van der Waals surface area contributed by atoms with Gasteiger partial charge >= 0.3 is 0 Å². The summed E-state index contributed by atoms with van der Waals surface area (Å²) in [6.45, 7) is 1.96. The van der Waals surface area contributed by atoms with E-state index in [1.807, 2.05) is 13.1 Å². The third kappa shape index (κ3) is 3.26. The van der Waals surface area contributed by atoms with Crippen LogP contribution in [0.3, 0.4) is 0 Å². The molecule has 0 fully saturated rings. The summed E-state index contributed by atoms with van der Waals surface area (Å²) in [4.78, 5) is 8.27. The Kier molecular flexibility index (Phi) is 3.78. The van der Waals surface area contributed by atoms with Crippen LogP contribution in [0.1, 0.15) is 11.1 Å². The van der Waals surface area contributed by atoms with Gasteiger partial charge in [-0.15, -0.1) is 0 Å². The Bertz CT molecular complexity index is 794. The van der Waals surface area contributed by atoms with Gasteiger partial charge in [0.2, 0.25) is 0 Å². The van der Waals surface area contributed by atoms with Gasteiger partial charge in [-0.1, -0.05) is 0 Å². The molecule has 0 radical (unpaired) electrons. The van der Waals surface area contributed by atoms with Gasteiger partial charge < -0.3 is 5.11 Å². The Labute approximate surface area is 127 Å². The second-order valence-electron chi connectivity index (χ2n) is 4.69. The zero-order chi connectivity index (χ0) is 15.4. The summed E-state index contributed by atoms with van der Waals surface area (Å²) in [7, 11) is 0. The summed E-state index contributed by atoms with van der Waals surface area (Å²) in [6.07, 6.45) is 6.73. The molecule has 0 spiro atoms. The molecule has 0 saturated heterocycles. The van der Waals surface area contributed by atoms with E-state index in [1.54, 1.807) is 47.4 Å². The summed E-state index contributed by atoms with van der Waals surface area (Å²) in [5.74, 6) is 1.44. The van der Waals surface area contributed by atoms with E-state index in [9.17, 15) is 5.11 Å². The number of hydrogen-bond acceptors (Lipinski definition) is 6. The highest BCUT2D eigenvalue weighted by atomic mass is 16.3. The van der Waals surface area contributed by atoms with Gasteiger partial charge in [0.05, 0.1) is 12.4 Å². The first-order valence-electron chi connectivity index (χ1n) is 6.62. The molecule has 2 N–H and O–H groups in total. The van der Waals surface area contributed by atoms with Gasteiger partial charge in [0, 0.05) is 12.3 Å². The molecule has 0 amide bonds. The third-order valence-electron chi connectivity index (χ3n) is 2.88. The number of benzene rings is 1. The number of nitrogens with one attached hydrogen (secondary N) is 1. The quantitative estimate of drug-likeness (QED) is 0.568. The highest BCUT2D eigenvalue weighted by molar-refractivity contribution is 5.80. The van der Waals surface area contributed by atoms with Gasteiger partial charge in [0.15, 0.2) is 11.6 Å². The Morgan fingerprint density at radius 1 is 1.23 bits per heavy atom. The largest absolute Gasteiger partial charge is 0.508 e. The molecule has 1 aromatic carbocycles. The number of phenols is 1. The van der Waals surface area contributed by atoms with Crippen molar-refractivity contribution in [3.8, 4) is 11.6 Å². The van der Waals surface area contributed by atoms with Crippen LogP contribution in [-0.4, -0.2) is 31.1 Å². The van der Waals surface area contributed by atoms with E-state index in [4.69, 9.17) is 0 Å². The van der Waals surface area contributed by atoms with Gasteiger partial charge in [-0.25, -0.2) is 14.6 Å². The van der Waals surface area contributed by atoms with Crippen molar-refractivity contribution in [3.05, 3.63) is 60.2 Å². The first-order valence-corrected chi connectivity index (χ1v) is 6.62. The Hall–Kier alpha value is -3.22. The minimum atomic E-state index is 0.222. The predicted molar refractivity (Wildman–Crippen MR) is 83.2 cm³/mol. The van der Waals surface area contributed by atoms with Crippen LogP contribution in [0.2, 0.25) is 0 Å². The fourth-order valence-corrected chi connectivity index (χ4v) is 1.80. The molecule has 2 aromatic heterocycles. The molecule has 0 unspecified atom stereocenters. The smallest absolute Gasteiger partial charge is 0.158 e. The number of hydrogen-bond donors (Lipinski definition) is 2. The molecule has 3 rings (SSSR count). The number of nitrogens with zero attached hydrogens (tertiary/aromatic N) is 5. The van der Waals surface area contributed by atoms with E-state index in [0.29, 0.717) is 11.6 Å². The molecule has 0 bridgehead atoms. The second-order valence-corrected chi connectivity index (χ2v) is 4.69. The first-order chi connectivity index (χ1) is 10.7. The summed E-state index contributed by atoms with van der Waals surface area (Å²) in [6, 6.07) is 8.48. The standard InChI is InChI=1S/C15H14N6O/c1-11-7-19-21(9-11)15-6-14(16-10-17-15)20-18-8-12-2-4-13(22)5-3-12/h2-10,22H,1H3,(H,16,17,20)/b18-8-. The van der Waals surface area contributed by atoms with Crippen molar-refractivity contribution in [3.63, 3.8) is 0 Å². The molecule has 7 nitrogen and oxygen atoms in total. The van der Waals surface area contributed by atoms with Gasteiger partial charge in [0.1, 0.15) is 12.1 Å². The minimum absolute atomic E-state index is 0.222. The van der Waals surface area contributed by atoms with Crippen LogP contribution in [0.15, 0.2) is 54.2 Å². The Balaban J connectivity index is 1.71. The van der Waals surface area contributed by atoms with Crippen LogP contribution in [0.5, 0.6) is 5.75 Å². The van der Waals surface area contributed by atoms with Crippen molar-refractivity contribution in [2.24, 2.45) is 5.10 Å². The fourth-order valence-electron chi connectivity index (χ4n) is 1.80.